The molecule has 0 unspecified atom stereocenters. The van der Waals surface area contributed by atoms with Gasteiger partial charge < -0.3 is 9.73 Å². The van der Waals surface area contributed by atoms with Crippen LogP contribution in [0.5, 0.6) is 0 Å². The van der Waals surface area contributed by atoms with E-state index in [2.05, 4.69) is 22.4 Å². The molecule has 0 atom stereocenters. The predicted molar refractivity (Wildman–Crippen MR) is 113 cm³/mol. The van der Waals surface area contributed by atoms with Gasteiger partial charge in [0.25, 0.3) is 5.22 Å². The number of thioether (sulfide) groups is 1. The van der Waals surface area contributed by atoms with Crippen LogP contribution in [0.15, 0.2) is 52.1 Å². The summed E-state index contributed by atoms with van der Waals surface area (Å²) in [6, 6.07) is 13.4. The van der Waals surface area contributed by atoms with Gasteiger partial charge in [0.15, 0.2) is 5.78 Å². The third-order valence-electron chi connectivity index (χ3n) is 4.55. The van der Waals surface area contributed by atoms with Crippen LogP contribution in [0.4, 0.5) is 0 Å². The van der Waals surface area contributed by atoms with E-state index < -0.39 is 0 Å². The van der Waals surface area contributed by atoms with Gasteiger partial charge in [-0.3, -0.25) is 9.59 Å². The molecular formula is C22H23N3O3S. The number of amides is 1. The van der Waals surface area contributed by atoms with Crippen LogP contribution >= 0.6 is 11.8 Å². The molecule has 0 fully saturated rings. The third-order valence-corrected chi connectivity index (χ3v) is 5.37. The van der Waals surface area contributed by atoms with Crippen LogP contribution in [-0.2, 0) is 11.2 Å². The van der Waals surface area contributed by atoms with Crippen LogP contribution in [0.1, 0.15) is 34.0 Å². The normalized spacial score (nSPS) is 10.7. The van der Waals surface area contributed by atoms with Crippen LogP contribution < -0.4 is 5.32 Å². The summed E-state index contributed by atoms with van der Waals surface area (Å²) in [7, 11) is 0. The van der Waals surface area contributed by atoms with Gasteiger partial charge in [0.05, 0.1) is 5.75 Å². The third kappa shape index (κ3) is 5.77. The van der Waals surface area contributed by atoms with Crippen LogP contribution in [-0.4, -0.2) is 34.2 Å². The van der Waals surface area contributed by atoms with Gasteiger partial charge in [-0.2, -0.15) is 0 Å². The molecule has 0 spiro atoms. The molecule has 3 rings (SSSR count). The highest BCUT2D eigenvalue weighted by molar-refractivity contribution is 7.99. The van der Waals surface area contributed by atoms with Crippen LogP contribution in [0, 0.1) is 13.8 Å². The largest absolute Gasteiger partial charge is 0.411 e. The lowest BCUT2D eigenvalue weighted by Gasteiger charge is -2.04. The first-order valence-corrected chi connectivity index (χ1v) is 10.3. The lowest BCUT2D eigenvalue weighted by Crippen LogP contribution is -2.22. The molecule has 29 heavy (non-hydrogen) atoms. The van der Waals surface area contributed by atoms with Crippen molar-refractivity contribution in [3.63, 3.8) is 0 Å². The van der Waals surface area contributed by atoms with Crippen molar-refractivity contribution in [3.8, 4) is 11.5 Å². The Morgan fingerprint density at radius 1 is 1.03 bits per heavy atom. The van der Waals surface area contributed by atoms with Gasteiger partial charge in [-0.05, 0) is 49.1 Å². The molecule has 0 bridgehead atoms. The summed E-state index contributed by atoms with van der Waals surface area (Å²) >= 11 is 1.23. The van der Waals surface area contributed by atoms with Crippen molar-refractivity contribution in [1.29, 1.82) is 0 Å². The Balaban J connectivity index is 1.54. The molecule has 2 aromatic carbocycles. The second-order valence-corrected chi connectivity index (χ2v) is 7.74. The minimum absolute atomic E-state index is 0.00524. The van der Waals surface area contributed by atoms with Crippen molar-refractivity contribution in [2.75, 3.05) is 12.3 Å². The maximum Gasteiger partial charge on any atom is 0.277 e. The van der Waals surface area contributed by atoms with E-state index in [0.717, 1.165) is 23.1 Å². The first-order chi connectivity index (χ1) is 13.9. The molecule has 0 saturated carbocycles. The lowest BCUT2D eigenvalue weighted by molar-refractivity contribution is -0.118. The number of aryl methyl sites for hydroxylation is 2. The number of rotatable bonds is 8. The minimum Gasteiger partial charge on any atom is -0.411 e. The lowest BCUT2D eigenvalue weighted by atomic mass is 10.1. The molecule has 1 heterocycles. The monoisotopic (exact) mass is 409 g/mol. The summed E-state index contributed by atoms with van der Waals surface area (Å²) in [5.74, 6) is 0.621. The van der Waals surface area contributed by atoms with Crippen molar-refractivity contribution in [3.05, 3.63) is 64.7 Å². The number of carbonyl (C=O) groups excluding carboxylic acids is 2. The minimum atomic E-state index is -0.0458. The molecule has 0 aliphatic carbocycles. The number of Topliss-reactive ketones (excluding diaryl/α,β-unsaturated/α-hetero) is 1. The number of aromatic nitrogens is 2. The first kappa shape index (κ1) is 20.8. The quantitative estimate of drug-likeness (QED) is 0.447. The van der Waals surface area contributed by atoms with Crippen LogP contribution in [0.25, 0.3) is 11.5 Å². The van der Waals surface area contributed by atoms with Crippen molar-refractivity contribution in [2.45, 2.75) is 32.4 Å². The van der Waals surface area contributed by atoms with Gasteiger partial charge in [0.1, 0.15) is 0 Å². The number of carbonyl (C=O) groups is 2. The van der Waals surface area contributed by atoms with Gasteiger partial charge in [0.2, 0.25) is 11.8 Å². The summed E-state index contributed by atoms with van der Waals surface area (Å²) in [6.07, 6.45) is 0.728. The Hall–Kier alpha value is -2.93. The molecule has 1 amide bonds. The number of hydrogen-bond acceptors (Lipinski definition) is 6. The molecule has 0 radical (unpaired) electrons. The van der Waals surface area contributed by atoms with E-state index in [1.54, 1.807) is 12.1 Å². The topological polar surface area (TPSA) is 85.1 Å². The Labute approximate surface area is 174 Å². The number of hydrogen-bond donors (Lipinski definition) is 1. The highest BCUT2D eigenvalue weighted by Crippen LogP contribution is 2.25. The summed E-state index contributed by atoms with van der Waals surface area (Å²) < 4.78 is 5.69. The number of ketones is 1. The van der Waals surface area contributed by atoms with Crippen LogP contribution in [0.2, 0.25) is 0 Å². The summed E-state index contributed by atoms with van der Waals surface area (Å²) in [5.41, 5.74) is 4.93. The summed E-state index contributed by atoms with van der Waals surface area (Å²) in [4.78, 5) is 23.3. The fourth-order valence-electron chi connectivity index (χ4n) is 2.71. The van der Waals surface area contributed by atoms with E-state index in [0.29, 0.717) is 23.2 Å². The van der Waals surface area contributed by atoms with E-state index in [4.69, 9.17) is 4.42 Å². The van der Waals surface area contributed by atoms with Gasteiger partial charge in [-0.15, -0.1) is 10.2 Å². The Morgan fingerprint density at radius 2 is 1.79 bits per heavy atom. The molecule has 3 aromatic rings. The van der Waals surface area contributed by atoms with Crippen molar-refractivity contribution in [1.82, 2.24) is 15.5 Å². The van der Waals surface area contributed by atoms with Crippen LogP contribution in [0.3, 0.4) is 0 Å². The molecule has 0 aliphatic heterocycles. The second-order valence-electron chi connectivity index (χ2n) is 6.81. The van der Waals surface area contributed by atoms with E-state index >= 15 is 0 Å². The van der Waals surface area contributed by atoms with E-state index in [1.807, 2.05) is 37.3 Å². The van der Waals surface area contributed by atoms with Gasteiger partial charge in [-0.1, -0.05) is 42.1 Å². The maximum atomic E-state index is 12.4. The van der Waals surface area contributed by atoms with E-state index in [-0.39, 0.29) is 17.4 Å². The number of benzene rings is 2. The SMILES string of the molecule is CC(=O)NCCc1ccc(C(=O)CSc2nnc(-c3ccc(C)c(C)c3)o2)cc1. The molecule has 7 heteroatoms. The number of nitrogens with zero attached hydrogens (tertiary/aromatic N) is 2. The van der Waals surface area contributed by atoms with Gasteiger partial charge in [0, 0.05) is 24.6 Å². The fourth-order valence-corrected chi connectivity index (χ4v) is 3.37. The Morgan fingerprint density at radius 3 is 2.48 bits per heavy atom. The molecule has 6 nitrogen and oxygen atoms in total. The van der Waals surface area contributed by atoms with Crippen molar-refractivity contribution in [2.24, 2.45) is 0 Å². The highest BCUT2D eigenvalue weighted by atomic mass is 32.2. The standard InChI is InChI=1S/C22H23N3O3S/c1-14-4-7-19(12-15(14)2)21-24-25-22(28-21)29-13-20(27)18-8-5-17(6-9-18)10-11-23-16(3)26/h4-9,12H,10-11,13H2,1-3H3,(H,23,26). The predicted octanol–water partition coefficient (Wildman–Crippen LogP) is 4.01. The number of nitrogens with one attached hydrogen (secondary N) is 1. The molecule has 0 aliphatic rings. The first-order valence-electron chi connectivity index (χ1n) is 9.33. The summed E-state index contributed by atoms with van der Waals surface area (Å²) in [6.45, 7) is 6.16. The van der Waals surface area contributed by atoms with Crippen molar-refractivity contribution >= 4 is 23.5 Å². The fraction of sp³-hybridized carbons (Fsp3) is 0.273. The molecule has 150 valence electrons. The van der Waals surface area contributed by atoms with E-state index in [1.165, 1.54) is 24.2 Å². The average Bonchev–Trinajstić information content (AvgIpc) is 3.17. The molecule has 1 aromatic heterocycles. The molecular weight excluding hydrogens is 386 g/mol. The molecule has 0 saturated heterocycles. The van der Waals surface area contributed by atoms with E-state index in [9.17, 15) is 9.59 Å². The second kappa shape index (κ2) is 9.52. The Kier molecular flexibility index (Phi) is 6.82. The zero-order chi connectivity index (χ0) is 20.8. The molecule has 1 N–H and O–H groups in total. The highest BCUT2D eigenvalue weighted by Gasteiger charge is 2.13. The zero-order valence-corrected chi connectivity index (χ0v) is 17.5. The Bertz CT molecular complexity index is 1010. The zero-order valence-electron chi connectivity index (χ0n) is 16.7. The maximum absolute atomic E-state index is 12.4. The van der Waals surface area contributed by atoms with Gasteiger partial charge in [-0.25, -0.2) is 0 Å². The van der Waals surface area contributed by atoms with Gasteiger partial charge >= 0.3 is 0 Å². The smallest absolute Gasteiger partial charge is 0.277 e. The summed E-state index contributed by atoms with van der Waals surface area (Å²) in [5, 5.41) is 11.2. The average molecular weight is 410 g/mol. The van der Waals surface area contributed by atoms with Crippen molar-refractivity contribution < 1.29 is 14.0 Å².